The maximum atomic E-state index is 10.5. The lowest BCUT2D eigenvalue weighted by atomic mass is 10.2. The molecular weight excluding hydrogens is 262 g/mol. The highest BCUT2D eigenvalue weighted by molar-refractivity contribution is 9.10. The highest BCUT2D eigenvalue weighted by Gasteiger charge is 2.11. The van der Waals surface area contributed by atoms with Gasteiger partial charge in [0.15, 0.2) is 0 Å². The van der Waals surface area contributed by atoms with E-state index in [1.54, 1.807) is 25.1 Å². The summed E-state index contributed by atoms with van der Waals surface area (Å²) in [4.78, 5) is 10.5. The maximum Gasteiger partial charge on any atom is 0.320 e. The topological polar surface area (TPSA) is 69.6 Å². The van der Waals surface area contributed by atoms with Gasteiger partial charge in [-0.15, -0.1) is 0 Å². The fraction of sp³-hybridized carbons (Fsp3) is 0.300. The summed E-state index contributed by atoms with van der Waals surface area (Å²) in [5, 5.41) is 21.1. The molecule has 0 amide bonds. The molecule has 0 fully saturated rings. The number of nitrogens with one attached hydrogen (secondary N) is 1. The average molecular weight is 274 g/mol. The number of para-hydroxylation sites is 1. The summed E-state index contributed by atoms with van der Waals surface area (Å²) in [5.41, 5.74) is 0.664. The summed E-state index contributed by atoms with van der Waals surface area (Å²) in [7, 11) is 0. The SMILES string of the molecule is CC(NCc1cccc(Br)c1O)C(=O)O. The van der Waals surface area contributed by atoms with Crippen molar-refractivity contribution in [2.75, 3.05) is 0 Å². The molecule has 3 N–H and O–H groups in total. The van der Waals surface area contributed by atoms with Gasteiger partial charge in [-0.2, -0.15) is 0 Å². The zero-order chi connectivity index (χ0) is 11.4. The first-order chi connectivity index (χ1) is 7.02. The first-order valence-corrected chi connectivity index (χ1v) is 5.24. The minimum Gasteiger partial charge on any atom is -0.506 e. The van der Waals surface area contributed by atoms with Crippen molar-refractivity contribution >= 4 is 21.9 Å². The first kappa shape index (κ1) is 12.0. The minimum atomic E-state index is -0.913. The minimum absolute atomic E-state index is 0.141. The molecule has 0 saturated heterocycles. The Labute approximate surface area is 96.1 Å². The quantitative estimate of drug-likeness (QED) is 0.781. The van der Waals surface area contributed by atoms with Gasteiger partial charge in [-0.3, -0.25) is 4.79 Å². The van der Waals surface area contributed by atoms with E-state index in [0.717, 1.165) is 0 Å². The smallest absolute Gasteiger partial charge is 0.320 e. The van der Waals surface area contributed by atoms with Crippen LogP contribution in [-0.2, 0) is 11.3 Å². The molecule has 0 aliphatic rings. The van der Waals surface area contributed by atoms with Crippen molar-refractivity contribution in [3.63, 3.8) is 0 Å². The molecule has 0 aliphatic carbocycles. The van der Waals surface area contributed by atoms with Crippen molar-refractivity contribution in [1.82, 2.24) is 5.32 Å². The summed E-state index contributed by atoms with van der Waals surface area (Å²) in [6.45, 7) is 1.87. The molecule has 0 aromatic heterocycles. The Balaban J connectivity index is 2.66. The second-order valence-electron chi connectivity index (χ2n) is 3.19. The molecule has 1 aromatic rings. The lowest BCUT2D eigenvalue weighted by Gasteiger charge is -2.10. The highest BCUT2D eigenvalue weighted by atomic mass is 79.9. The monoisotopic (exact) mass is 273 g/mol. The van der Waals surface area contributed by atoms with E-state index in [0.29, 0.717) is 16.6 Å². The summed E-state index contributed by atoms with van der Waals surface area (Å²) >= 11 is 3.19. The van der Waals surface area contributed by atoms with Crippen LogP contribution in [-0.4, -0.2) is 22.2 Å². The van der Waals surface area contributed by atoms with E-state index >= 15 is 0 Å². The Kier molecular flexibility index (Phi) is 4.11. The Morgan fingerprint density at radius 1 is 1.60 bits per heavy atom. The molecule has 0 aliphatic heterocycles. The summed E-state index contributed by atoms with van der Waals surface area (Å²) in [5.74, 6) is -0.771. The number of carboxylic acids is 1. The Morgan fingerprint density at radius 3 is 2.87 bits per heavy atom. The maximum absolute atomic E-state index is 10.5. The number of aromatic hydroxyl groups is 1. The molecular formula is C10H12BrNO3. The van der Waals surface area contributed by atoms with Gasteiger partial charge < -0.3 is 15.5 Å². The molecule has 0 saturated carbocycles. The molecule has 0 heterocycles. The summed E-state index contributed by atoms with van der Waals surface area (Å²) in [6, 6.07) is 4.61. The Hall–Kier alpha value is -1.07. The number of hydrogen-bond donors (Lipinski definition) is 3. The molecule has 0 spiro atoms. The van der Waals surface area contributed by atoms with E-state index in [4.69, 9.17) is 5.11 Å². The van der Waals surface area contributed by atoms with Crippen LogP contribution in [0, 0.1) is 0 Å². The molecule has 0 radical (unpaired) electrons. The predicted octanol–water partition coefficient (Wildman–Crippen LogP) is 1.72. The van der Waals surface area contributed by atoms with Gasteiger partial charge in [0.2, 0.25) is 0 Å². The zero-order valence-corrected chi connectivity index (χ0v) is 9.78. The van der Waals surface area contributed by atoms with Gasteiger partial charge in [0.1, 0.15) is 11.8 Å². The molecule has 1 rings (SSSR count). The molecule has 82 valence electrons. The average Bonchev–Trinajstić information content (AvgIpc) is 2.19. The lowest BCUT2D eigenvalue weighted by Crippen LogP contribution is -2.33. The number of phenols is 1. The number of benzene rings is 1. The van der Waals surface area contributed by atoms with E-state index in [-0.39, 0.29) is 5.75 Å². The summed E-state index contributed by atoms with van der Waals surface area (Å²) < 4.78 is 0.602. The van der Waals surface area contributed by atoms with Crippen molar-refractivity contribution in [2.45, 2.75) is 19.5 Å². The van der Waals surface area contributed by atoms with Crippen molar-refractivity contribution in [1.29, 1.82) is 0 Å². The van der Waals surface area contributed by atoms with Crippen LogP contribution in [0.25, 0.3) is 0 Å². The number of phenolic OH excluding ortho intramolecular Hbond substituents is 1. The van der Waals surface area contributed by atoms with Crippen LogP contribution >= 0.6 is 15.9 Å². The normalized spacial score (nSPS) is 12.4. The van der Waals surface area contributed by atoms with Crippen LogP contribution < -0.4 is 5.32 Å². The van der Waals surface area contributed by atoms with Crippen molar-refractivity contribution < 1.29 is 15.0 Å². The van der Waals surface area contributed by atoms with Crippen LogP contribution in [0.3, 0.4) is 0 Å². The third kappa shape index (κ3) is 3.21. The zero-order valence-electron chi connectivity index (χ0n) is 8.20. The second-order valence-corrected chi connectivity index (χ2v) is 4.04. The lowest BCUT2D eigenvalue weighted by molar-refractivity contribution is -0.139. The van der Waals surface area contributed by atoms with Crippen molar-refractivity contribution in [3.8, 4) is 5.75 Å². The molecule has 4 nitrogen and oxygen atoms in total. The van der Waals surface area contributed by atoms with Gasteiger partial charge >= 0.3 is 5.97 Å². The van der Waals surface area contributed by atoms with Crippen LogP contribution in [0.5, 0.6) is 5.75 Å². The fourth-order valence-electron chi connectivity index (χ4n) is 1.05. The van der Waals surface area contributed by atoms with E-state index in [1.807, 2.05) is 0 Å². The van der Waals surface area contributed by atoms with Gasteiger partial charge in [-0.25, -0.2) is 0 Å². The van der Waals surface area contributed by atoms with Crippen molar-refractivity contribution in [3.05, 3.63) is 28.2 Å². The number of carbonyl (C=O) groups is 1. The number of hydrogen-bond acceptors (Lipinski definition) is 3. The highest BCUT2D eigenvalue weighted by Crippen LogP contribution is 2.27. The third-order valence-corrected chi connectivity index (χ3v) is 2.68. The van der Waals surface area contributed by atoms with Crippen LogP contribution in [0.15, 0.2) is 22.7 Å². The van der Waals surface area contributed by atoms with E-state index < -0.39 is 12.0 Å². The standard InChI is InChI=1S/C10H12BrNO3/c1-6(10(14)15)12-5-7-3-2-4-8(11)9(7)13/h2-4,6,12-13H,5H2,1H3,(H,14,15). The molecule has 5 heteroatoms. The van der Waals surface area contributed by atoms with Gasteiger partial charge in [0, 0.05) is 12.1 Å². The molecule has 1 aromatic carbocycles. The number of halogens is 1. The van der Waals surface area contributed by atoms with E-state index in [9.17, 15) is 9.90 Å². The number of aliphatic carboxylic acids is 1. The Morgan fingerprint density at radius 2 is 2.27 bits per heavy atom. The van der Waals surface area contributed by atoms with E-state index in [2.05, 4.69) is 21.2 Å². The molecule has 15 heavy (non-hydrogen) atoms. The second kappa shape index (κ2) is 5.14. The molecule has 1 unspecified atom stereocenters. The third-order valence-electron chi connectivity index (χ3n) is 2.04. The van der Waals surface area contributed by atoms with Crippen LogP contribution in [0.1, 0.15) is 12.5 Å². The molecule has 1 atom stereocenters. The van der Waals surface area contributed by atoms with Crippen LogP contribution in [0.2, 0.25) is 0 Å². The van der Waals surface area contributed by atoms with Crippen LogP contribution in [0.4, 0.5) is 0 Å². The number of rotatable bonds is 4. The summed E-state index contributed by atoms with van der Waals surface area (Å²) in [6.07, 6.45) is 0. The largest absolute Gasteiger partial charge is 0.506 e. The Bertz CT molecular complexity index is 368. The number of carboxylic acid groups (broad SMARTS) is 1. The van der Waals surface area contributed by atoms with Crippen molar-refractivity contribution in [2.24, 2.45) is 0 Å². The fourth-order valence-corrected chi connectivity index (χ4v) is 1.46. The van der Waals surface area contributed by atoms with Gasteiger partial charge in [-0.05, 0) is 28.9 Å². The van der Waals surface area contributed by atoms with E-state index in [1.165, 1.54) is 0 Å². The van der Waals surface area contributed by atoms with Gasteiger partial charge in [-0.1, -0.05) is 12.1 Å². The predicted molar refractivity (Wildman–Crippen MR) is 59.7 cm³/mol. The van der Waals surface area contributed by atoms with Gasteiger partial charge in [0.25, 0.3) is 0 Å². The molecule has 0 bridgehead atoms. The van der Waals surface area contributed by atoms with Gasteiger partial charge in [0.05, 0.1) is 4.47 Å². The first-order valence-electron chi connectivity index (χ1n) is 4.45.